The van der Waals surface area contributed by atoms with E-state index in [-0.39, 0.29) is 40.2 Å². The fourth-order valence-corrected chi connectivity index (χ4v) is 5.50. The number of methoxy groups -OCH3 is 1. The maximum Gasteiger partial charge on any atom is 0.300 e. The van der Waals surface area contributed by atoms with Gasteiger partial charge in [0.25, 0.3) is 11.5 Å². The summed E-state index contributed by atoms with van der Waals surface area (Å²) in [5, 5.41) is 11.8. The highest BCUT2D eigenvalue weighted by atomic mass is 35.5. The summed E-state index contributed by atoms with van der Waals surface area (Å²) >= 11 is 6.16. The van der Waals surface area contributed by atoms with Gasteiger partial charge in [-0.25, -0.2) is 9.37 Å². The molecule has 0 bridgehead atoms. The summed E-state index contributed by atoms with van der Waals surface area (Å²) in [6, 6.07) is 2.06. The van der Waals surface area contributed by atoms with Gasteiger partial charge < -0.3 is 35.3 Å². The van der Waals surface area contributed by atoms with Gasteiger partial charge in [0.2, 0.25) is 17.7 Å². The summed E-state index contributed by atoms with van der Waals surface area (Å²) in [6.07, 6.45) is 1.14. The van der Waals surface area contributed by atoms with Crippen molar-refractivity contribution >= 4 is 46.0 Å². The second kappa shape index (κ2) is 11.9. The summed E-state index contributed by atoms with van der Waals surface area (Å²) in [5.41, 5.74) is 2.66. The smallest absolute Gasteiger partial charge is 0.300 e. The van der Waals surface area contributed by atoms with Crippen molar-refractivity contribution in [1.82, 2.24) is 24.0 Å². The zero-order chi connectivity index (χ0) is 32.9. The van der Waals surface area contributed by atoms with Crippen molar-refractivity contribution in [1.29, 1.82) is 0 Å². The van der Waals surface area contributed by atoms with Crippen molar-refractivity contribution in [3.63, 3.8) is 0 Å². The second-order valence-corrected chi connectivity index (χ2v) is 11.0. The van der Waals surface area contributed by atoms with Gasteiger partial charge in [-0.3, -0.25) is 19.0 Å². The molecule has 5 rings (SSSR count). The van der Waals surface area contributed by atoms with E-state index in [1.165, 1.54) is 20.2 Å². The molecule has 0 unspecified atom stereocenters. The first-order chi connectivity index (χ1) is 21.2. The van der Waals surface area contributed by atoms with Crippen molar-refractivity contribution in [3.05, 3.63) is 56.9 Å². The molecule has 3 aromatic heterocycles. The van der Waals surface area contributed by atoms with E-state index in [1.54, 1.807) is 0 Å². The molecule has 0 aliphatic carbocycles. The lowest BCUT2D eigenvalue weighted by Gasteiger charge is -2.39. The molecule has 1 aliphatic heterocycles. The quantitative estimate of drug-likeness (QED) is 0.256. The van der Waals surface area contributed by atoms with Crippen LogP contribution in [-0.2, 0) is 18.4 Å². The zero-order valence-corrected chi connectivity index (χ0v) is 25.2. The summed E-state index contributed by atoms with van der Waals surface area (Å²) in [7, 11) is 4.54. The number of carbonyl (C=O) groups is 2. The van der Waals surface area contributed by atoms with Crippen LogP contribution in [-0.4, -0.2) is 80.8 Å². The van der Waals surface area contributed by atoms with Crippen LogP contribution < -0.4 is 26.2 Å². The van der Waals surface area contributed by atoms with Gasteiger partial charge in [0.05, 0.1) is 23.7 Å². The highest BCUT2D eigenvalue weighted by Crippen LogP contribution is 2.36. The van der Waals surface area contributed by atoms with Crippen LogP contribution in [0.3, 0.4) is 0 Å². The molecule has 238 valence electrons. The first-order valence-corrected chi connectivity index (χ1v) is 13.9. The van der Waals surface area contributed by atoms with Crippen LogP contribution in [0, 0.1) is 17.6 Å². The molecule has 4 heterocycles. The number of nitrogens with one attached hydrogen (secondary N) is 1. The minimum absolute atomic E-state index is 0.00563. The maximum atomic E-state index is 15.2. The topological polar surface area (TPSA) is 161 Å². The number of carbonyl (C=O) groups excluding carboxylic acids is 2. The first kappa shape index (κ1) is 31.6. The Labute approximate surface area is 258 Å². The summed E-state index contributed by atoms with van der Waals surface area (Å²) < 4.78 is 52.0. The number of fused-ring (bicyclic) bond motifs is 1. The van der Waals surface area contributed by atoms with Gasteiger partial charge in [-0.1, -0.05) is 11.6 Å². The number of pyridine rings is 1. The first-order valence-electron chi connectivity index (χ1n) is 13.5. The summed E-state index contributed by atoms with van der Waals surface area (Å²) in [4.78, 5) is 50.8. The van der Waals surface area contributed by atoms with Gasteiger partial charge in [0, 0.05) is 56.1 Å². The van der Waals surface area contributed by atoms with Crippen LogP contribution in [0.1, 0.15) is 17.3 Å². The van der Waals surface area contributed by atoms with Crippen molar-refractivity contribution < 1.29 is 32.6 Å². The Kier molecular flexibility index (Phi) is 8.37. The van der Waals surface area contributed by atoms with Crippen LogP contribution in [0.4, 0.5) is 24.7 Å². The molecule has 4 N–H and O–H groups in total. The Morgan fingerprint density at radius 1 is 1.16 bits per heavy atom. The molecule has 0 radical (unpaired) electrons. The number of amides is 2. The van der Waals surface area contributed by atoms with E-state index in [2.05, 4.69) is 20.2 Å². The fraction of sp³-hybridized carbons (Fsp3) is 0.321. The normalized spacial score (nSPS) is 15.5. The monoisotopic (exact) mass is 648 g/mol. The van der Waals surface area contributed by atoms with Crippen molar-refractivity contribution in [3.8, 4) is 22.9 Å². The number of piperazine rings is 1. The fourth-order valence-electron chi connectivity index (χ4n) is 5.35. The highest BCUT2D eigenvalue weighted by molar-refractivity contribution is 6.33. The third-order valence-electron chi connectivity index (χ3n) is 7.59. The predicted molar refractivity (Wildman–Crippen MR) is 159 cm³/mol. The Hall–Kier alpha value is -4.83. The number of benzene rings is 1. The number of aromatic nitrogens is 4. The Morgan fingerprint density at radius 2 is 1.87 bits per heavy atom. The molecule has 1 aliphatic rings. The number of rotatable bonds is 7. The van der Waals surface area contributed by atoms with Crippen LogP contribution >= 0.6 is 11.6 Å². The van der Waals surface area contributed by atoms with E-state index in [9.17, 15) is 28.3 Å². The lowest BCUT2D eigenvalue weighted by molar-refractivity contribution is -0.116. The summed E-state index contributed by atoms with van der Waals surface area (Å²) in [5.74, 6) is -7.37. The third kappa shape index (κ3) is 5.62. The lowest BCUT2D eigenvalue weighted by Crippen LogP contribution is -2.50. The average molecular weight is 649 g/mol. The van der Waals surface area contributed by atoms with E-state index >= 15 is 4.39 Å². The highest BCUT2D eigenvalue weighted by Gasteiger charge is 2.28. The average Bonchev–Trinajstić information content (AvgIpc) is 3.33. The van der Waals surface area contributed by atoms with E-state index < -0.39 is 63.4 Å². The summed E-state index contributed by atoms with van der Waals surface area (Å²) in [6.45, 7) is 3.37. The molecule has 45 heavy (non-hydrogen) atoms. The molecule has 0 saturated carbocycles. The standard InChI is InChI=1S/C28H28ClF3N8O5/c1-12-9-37(2)5-6-40(12)17-8-16(20(29)24(32)35-17)34-18(41)11-39-10-15(19-26(39)36-28(45-4)38(3)27(19)44)13-7-14(25(33)43)23(42)22(31)21(13)30/h7-8,10,12,42H,5-6,9,11H2,1-4H3,(H2,33,43)(H,34,35,41)/t12-/m0/s1. The number of nitrogens with zero attached hydrogens (tertiary/aromatic N) is 6. The molecule has 0 spiro atoms. The van der Waals surface area contributed by atoms with E-state index in [4.69, 9.17) is 22.1 Å². The molecule has 2 amide bonds. The number of ether oxygens (including phenoxy) is 1. The number of primary amides is 1. The van der Waals surface area contributed by atoms with E-state index in [0.717, 1.165) is 21.4 Å². The van der Waals surface area contributed by atoms with Crippen LogP contribution in [0.25, 0.3) is 22.2 Å². The van der Waals surface area contributed by atoms with E-state index in [0.29, 0.717) is 19.6 Å². The Balaban J connectivity index is 1.58. The SMILES string of the molecule is COc1nc2c(c(-c3cc(C(N)=O)c(O)c(F)c3F)cn2CC(=O)Nc2cc(N3CCN(C)C[C@@H]3C)nc(F)c2Cl)c(=O)n1C. The molecule has 1 aromatic carbocycles. The number of halogens is 4. The number of phenols is 1. The minimum Gasteiger partial charge on any atom is -0.504 e. The maximum absolute atomic E-state index is 15.2. The van der Waals surface area contributed by atoms with Crippen molar-refractivity contribution in [2.24, 2.45) is 12.8 Å². The van der Waals surface area contributed by atoms with Gasteiger partial charge in [-0.2, -0.15) is 13.8 Å². The van der Waals surface area contributed by atoms with Crippen LogP contribution in [0.2, 0.25) is 5.02 Å². The number of nitrogens with two attached hydrogens (primary N) is 1. The number of hydrogen-bond donors (Lipinski definition) is 3. The third-order valence-corrected chi connectivity index (χ3v) is 7.95. The molecule has 1 saturated heterocycles. The molecule has 1 atom stereocenters. The van der Waals surface area contributed by atoms with Gasteiger partial charge in [0.15, 0.2) is 17.2 Å². The number of hydrogen-bond acceptors (Lipinski definition) is 9. The van der Waals surface area contributed by atoms with Gasteiger partial charge >= 0.3 is 6.01 Å². The molecule has 4 aromatic rings. The van der Waals surface area contributed by atoms with Crippen LogP contribution in [0.5, 0.6) is 11.8 Å². The van der Waals surface area contributed by atoms with E-state index in [1.807, 2.05) is 18.9 Å². The number of likely N-dealkylation sites (N-methyl/N-ethyl adjacent to an activating group) is 1. The molecular formula is C28H28ClF3N8O5. The molecular weight excluding hydrogens is 621 g/mol. The largest absolute Gasteiger partial charge is 0.504 e. The van der Waals surface area contributed by atoms with Gasteiger partial charge in [-0.15, -0.1) is 0 Å². The number of aromatic hydroxyl groups is 1. The van der Waals surface area contributed by atoms with Gasteiger partial charge in [-0.05, 0) is 20.0 Å². The number of anilines is 2. The predicted octanol–water partition coefficient (Wildman–Crippen LogP) is 2.46. The molecule has 1 fully saturated rings. The van der Waals surface area contributed by atoms with Crippen LogP contribution in [0.15, 0.2) is 23.1 Å². The Morgan fingerprint density at radius 3 is 2.51 bits per heavy atom. The zero-order valence-electron chi connectivity index (χ0n) is 24.5. The van der Waals surface area contributed by atoms with Crippen molar-refractivity contribution in [2.45, 2.75) is 19.5 Å². The second-order valence-electron chi connectivity index (χ2n) is 10.6. The lowest BCUT2D eigenvalue weighted by atomic mass is 10.0. The minimum atomic E-state index is -1.77. The van der Waals surface area contributed by atoms with Gasteiger partial charge in [0.1, 0.15) is 17.4 Å². The molecule has 17 heteroatoms. The molecule has 13 nitrogen and oxygen atoms in total. The Bertz CT molecular complexity index is 1930. The van der Waals surface area contributed by atoms with Crippen molar-refractivity contribution in [2.75, 3.05) is 44.0 Å².